The average Bonchev–Trinajstić information content (AvgIpc) is 2.84. The van der Waals surface area contributed by atoms with Crippen LogP contribution in [0.15, 0.2) is 40.9 Å². The van der Waals surface area contributed by atoms with Crippen molar-refractivity contribution < 1.29 is 19.4 Å². The monoisotopic (exact) mass is 409 g/mol. The van der Waals surface area contributed by atoms with Crippen LogP contribution < -0.4 is 4.74 Å². The van der Waals surface area contributed by atoms with Gasteiger partial charge in [-0.25, -0.2) is 4.79 Å². The molecule has 1 N–H and O–H groups in total. The number of benzene rings is 2. The van der Waals surface area contributed by atoms with Crippen molar-refractivity contribution in [1.29, 1.82) is 0 Å². The number of amides is 1. The van der Waals surface area contributed by atoms with Crippen LogP contribution in [0.25, 0.3) is 0 Å². The minimum absolute atomic E-state index is 0.216. The number of carboxylic acid groups (broad SMARTS) is 1. The molecule has 0 radical (unpaired) electrons. The van der Waals surface area contributed by atoms with Crippen LogP contribution in [0.3, 0.4) is 0 Å². The van der Waals surface area contributed by atoms with Crippen LogP contribution in [0.2, 0.25) is 5.02 Å². The lowest BCUT2D eigenvalue weighted by molar-refractivity contribution is -0.142. The summed E-state index contributed by atoms with van der Waals surface area (Å²) in [5.74, 6) is -1.10. The van der Waals surface area contributed by atoms with Gasteiger partial charge in [0.25, 0.3) is 5.91 Å². The van der Waals surface area contributed by atoms with Crippen LogP contribution in [0.5, 0.6) is 5.75 Å². The van der Waals surface area contributed by atoms with E-state index in [9.17, 15) is 14.7 Å². The molecule has 1 amide bonds. The minimum Gasteiger partial charge on any atom is -0.496 e. The molecule has 0 saturated heterocycles. The van der Waals surface area contributed by atoms with Gasteiger partial charge in [0.15, 0.2) is 6.04 Å². The normalized spacial score (nSPS) is 14.5. The van der Waals surface area contributed by atoms with Gasteiger partial charge in [0.05, 0.1) is 7.11 Å². The SMILES string of the molecule is COc1ccc(Cl)cc1C(C(=O)O)N1Cc2ccc(Br)cc2C1=O. The average molecular weight is 411 g/mol. The van der Waals surface area contributed by atoms with E-state index in [-0.39, 0.29) is 12.5 Å². The Hall–Kier alpha value is -2.05. The van der Waals surface area contributed by atoms with Gasteiger partial charge in [0.1, 0.15) is 5.75 Å². The third kappa shape index (κ3) is 2.87. The highest BCUT2D eigenvalue weighted by atomic mass is 79.9. The molecule has 0 fully saturated rings. The first kappa shape index (κ1) is 16.8. The first-order chi connectivity index (χ1) is 11.4. The largest absolute Gasteiger partial charge is 0.496 e. The molecule has 0 spiro atoms. The van der Waals surface area contributed by atoms with Crippen molar-refractivity contribution in [2.24, 2.45) is 0 Å². The van der Waals surface area contributed by atoms with Crippen molar-refractivity contribution in [3.63, 3.8) is 0 Å². The number of rotatable bonds is 4. The Labute approximate surface area is 151 Å². The topological polar surface area (TPSA) is 66.8 Å². The zero-order valence-corrected chi connectivity index (χ0v) is 15.0. The van der Waals surface area contributed by atoms with Crippen molar-refractivity contribution in [2.75, 3.05) is 7.11 Å². The summed E-state index contributed by atoms with van der Waals surface area (Å²) in [6.45, 7) is 0.216. The summed E-state index contributed by atoms with van der Waals surface area (Å²) >= 11 is 9.35. The molecule has 24 heavy (non-hydrogen) atoms. The molecule has 1 aliphatic heterocycles. The highest BCUT2D eigenvalue weighted by molar-refractivity contribution is 9.10. The number of ether oxygens (including phenoxy) is 1. The van der Waals surface area contributed by atoms with Crippen LogP contribution in [0.1, 0.15) is 27.5 Å². The van der Waals surface area contributed by atoms with Crippen LogP contribution in [0, 0.1) is 0 Å². The maximum absolute atomic E-state index is 12.7. The summed E-state index contributed by atoms with van der Waals surface area (Å²) in [5, 5.41) is 10.1. The van der Waals surface area contributed by atoms with Crippen LogP contribution in [-0.4, -0.2) is 29.0 Å². The molecule has 1 unspecified atom stereocenters. The number of hydrogen-bond donors (Lipinski definition) is 1. The number of aliphatic carboxylic acids is 1. The maximum Gasteiger partial charge on any atom is 0.331 e. The summed E-state index contributed by atoms with van der Waals surface area (Å²) in [4.78, 5) is 26.0. The second-order valence-electron chi connectivity index (χ2n) is 5.36. The molecule has 5 nitrogen and oxygen atoms in total. The van der Waals surface area contributed by atoms with Gasteiger partial charge in [-0.3, -0.25) is 4.79 Å². The van der Waals surface area contributed by atoms with E-state index < -0.39 is 12.0 Å². The molecule has 1 aliphatic rings. The fourth-order valence-corrected chi connectivity index (χ4v) is 3.40. The van der Waals surface area contributed by atoms with E-state index in [4.69, 9.17) is 16.3 Å². The second kappa shape index (κ2) is 6.45. The first-order valence-corrected chi connectivity index (χ1v) is 8.25. The number of carbonyl (C=O) groups is 2. The first-order valence-electron chi connectivity index (χ1n) is 7.08. The van der Waals surface area contributed by atoms with Gasteiger partial charge in [0, 0.05) is 27.2 Å². The molecule has 2 aromatic rings. The van der Waals surface area contributed by atoms with Crippen LogP contribution >= 0.6 is 27.5 Å². The molecule has 0 aromatic heterocycles. The third-order valence-electron chi connectivity index (χ3n) is 3.94. The fourth-order valence-electron chi connectivity index (χ4n) is 2.86. The molecule has 0 bridgehead atoms. The van der Waals surface area contributed by atoms with E-state index in [1.807, 2.05) is 12.1 Å². The van der Waals surface area contributed by atoms with Gasteiger partial charge in [-0.05, 0) is 35.9 Å². The van der Waals surface area contributed by atoms with E-state index in [1.165, 1.54) is 18.1 Å². The molecular formula is C17H13BrClNO4. The predicted octanol–water partition coefficient (Wildman–Crippen LogP) is 3.89. The Morgan fingerprint density at radius 1 is 1.33 bits per heavy atom. The molecule has 124 valence electrons. The summed E-state index contributed by atoms with van der Waals surface area (Å²) in [6, 6.07) is 8.88. The summed E-state index contributed by atoms with van der Waals surface area (Å²) in [7, 11) is 1.45. The van der Waals surface area contributed by atoms with E-state index in [1.54, 1.807) is 18.2 Å². The van der Waals surface area contributed by atoms with Crippen molar-refractivity contribution >= 4 is 39.4 Å². The fraction of sp³-hybridized carbons (Fsp3) is 0.176. The maximum atomic E-state index is 12.7. The highest BCUT2D eigenvalue weighted by Gasteiger charge is 2.39. The van der Waals surface area contributed by atoms with E-state index in [0.717, 1.165) is 10.0 Å². The molecular weight excluding hydrogens is 398 g/mol. The predicted molar refractivity (Wildman–Crippen MR) is 92.4 cm³/mol. The van der Waals surface area contributed by atoms with E-state index in [0.29, 0.717) is 21.9 Å². The zero-order valence-electron chi connectivity index (χ0n) is 12.6. The second-order valence-corrected chi connectivity index (χ2v) is 6.71. The van der Waals surface area contributed by atoms with Crippen molar-refractivity contribution in [1.82, 2.24) is 4.90 Å². The Balaban J connectivity index is 2.07. The Kier molecular flexibility index (Phi) is 4.51. The standard InChI is InChI=1S/C17H13BrClNO4/c1-24-14-5-4-11(19)7-13(14)15(17(22)23)20-8-9-2-3-10(18)6-12(9)16(20)21/h2-7,15H,8H2,1H3,(H,22,23). The number of methoxy groups -OCH3 is 1. The van der Waals surface area contributed by atoms with Crippen molar-refractivity contribution in [2.45, 2.75) is 12.6 Å². The lowest BCUT2D eigenvalue weighted by atomic mass is 10.0. The summed E-state index contributed by atoms with van der Waals surface area (Å²) in [5.41, 5.74) is 1.63. The Morgan fingerprint density at radius 3 is 2.75 bits per heavy atom. The van der Waals surface area contributed by atoms with Gasteiger partial charge in [-0.1, -0.05) is 33.6 Å². The molecule has 3 rings (SSSR count). The van der Waals surface area contributed by atoms with Gasteiger partial charge in [0.2, 0.25) is 0 Å². The van der Waals surface area contributed by atoms with Gasteiger partial charge in [-0.2, -0.15) is 0 Å². The minimum atomic E-state index is -1.18. The smallest absolute Gasteiger partial charge is 0.331 e. The van der Waals surface area contributed by atoms with Crippen LogP contribution in [0.4, 0.5) is 0 Å². The Bertz CT molecular complexity index is 839. The van der Waals surface area contributed by atoms with Gasteiger partial charge < -0.3 is 14.7 Å². The van der Waals surface area contributed by atoms with Crippen molar-refractivity contribution in [3.05, 3.63) is 62.6 Å². The summed E-state index contributed by atoms with van der Waals surface area (Å²) in [6.07, 6.45) is 0. The number of carboxylic acids is 1. The molecule has 0 aliphatic carbocycles. The number of hydrogen-bond acceptors (Lipinski definition) is 3. The van der Waals surface area contributed by atoms with Gasteiger partial charge in [-0.15, -0.1) is 0 Å². The van der Waals surface area contributed by atoms with Gasteiger partial charge >= 0.3 is 5.97 Å². The lowest BCUT2D eigenvalue weighted by Crippen LogP contribution is -2.34. The molecule has 1 heterocycles. The highest BCUT2D eigenvalue weighted by Crippen LogP contribution is 2.37. The number of nitrogens with zero attached hydrogens (tertiary/aromatic N) is 1. The number of fused-ring (bicyclic) bond motifs is 1. The number of halogens is 2. The van der Waals surface area contributed by atoms with Crippen molar-refractivity contribution in [3.8, 4) is 5.75 Å². The zero-order chi connectivity index (χ0) is 17.4. The van der Waals surface area contributed by atoms with Crippen LogP contribution in [-0.2, 0) is 11.3 Å². The molecule has 0 saturated carbocycles. The summed E-state index contributed by atoms with van der Waals surface area (Å²) < 4.78 is 6.02. The quantitative estimate of drug-likeness (QED) is 0.830. The van der Waals surface area contributed by atoms with E-state index in [2.05, 4.69) is 15.9 Å². The molecule has 7 heteroatoms. The number of carbonyl (C=O) groups excluding carboxylic acids is 1. The molecule has 1 atom stereocenters. The Morgan fingerprint density at radius 2 is 2.08 bits per heavy atom. The third-order valence-corrected chi connectivity index (χ3v) is 4.66. The van der Waals surface area contributed by atoms with E-state index >= 15 is 0 Å². The molecule has 2 aromatic carbocycles. The lowest BCUT2D eigenvalue weighted by Gasteiger charge is -2.26.